The molecule has 3 N–H and O–H groups in total. The molecule has 42 heavy (non-hydrogen) atoms. The second-order valence-corrected chi connectivity index (χ2v) is 11.2. The highest BCUT2D eigenvalue weighted by Crippen LogP contribution is 2.50. The van der Waals surface area contributed by atoms with E-state index in [1.165, 1.54) is 39.0 Å². The average Bonchev–Trinajstić information content (AvgIpc) is 3.19. The highest BCUT2D eigenvalue weighted by atomic mass is 16.5. The van der Waals surface area contributed by atoms with Crippen molar-refractivity contribution in [2.24, 2.45) is 0 Å². The Hall–Kier alpha value is -3.75. The van der Waals surface area contributed by atoms with Crippen LogP contribution < -0.4 is 35.6 Å². The molecule has 0 spiro atoms. The number of hydrogen-bond donors (Lipinski definition) is 3. The van der Waals surface area contributed by atoms with Crippen LogP contribution in [0.3, 0.4) is 0 Å². The van der Waals surface area contributed by atoms with Gasteiger partial charge in [0.1, 0.15) is 0 Å². The number of nitrogens with one attached hydrogen (secondary N) is 3. The Morgan fingerprint density at radius 3 is 2.26 bits per heavy atom. The predicted molar refractivity (Wildman–Crippen MR) is 165 cm³/mol. The number of aryl methyl sites for hydroxylation is 1. The molecule has 0 heterocycles. The molecule has 9 nitrogen and oxygen atoms in total. The molecule has 0 radical (unpaired) electrons. The Morgan fingerprint density at radius 2 is 1.60 bits per heavy atom. The molecule has 4 rings (SSSR count). The monoisotopic (exact) mass is 579 g/mol. The van der Waals surface area contributed by atoms with Crippen LogP contribution in [0.5, 0.6) is 17.2 Å². The van der Waals surface area contributed by atoms with Gasteiger partial charge >= 0.3 is 0 Å². The zero-order valence-electron chi connectivity index (χ0n) is 25.4. The minimum Gasteiger partial charge on any atom is -0.493 e. The van der Waals surface area contributed by atoms with Gasteiger partial charge in [-0.15, -0.1) is 0 Å². The first-order chi connectivity index (χ1) is 20.4. The highest BCUT2D eigenvalue weighted by Gasteiger charge is 2.29. The van der Waals surface area contributed by atoms with Gasteiger partial charge in [-0.3, -0.25) is 14.4 Å². The normalized spacial score (nSPS) is 16.9. The van der Waals surface area contributed by atoms with Gasteiger partial charge in [-0.2, -0.15) is 0 Å². The topological polar surface area (TPSA) is 115 Å². The van der Waals surface area contributed by atoms with Crippen LogP contribution in [0.2, 0.25) is 0 Å². The van der Waals surface area contributed by atoms with Gasteiger partial charge in [0.15, 0.2) is 11.5 Å². The smallest absolute Gasteiger partial charge is 0.220 e. The third kappa shape index (κ3) is 7.55. The lowest BCUT2D eigenvalue weighted by atomic mass is 9.95. The lowest BCUT2D eigenvalue weighted by molar-refractivity contribution is -0.122. The number of fused-ring (bicyclic) bond motifs is 3. The van der Waals surface area contributed by atoms with E-state index in [0.29, 0.717) is 60.7 Å². The second-order valence-electron chi connectivity index (χ2n) is 11.2. The van der Waals surface area contributed by atoms with E-state index in [1.54, 1.807) is 33.5 Å². The molecular weight excluding hydrogens is 534 g/mol. The third-order valence-corrected chi connectivity index (χ3v) is 8.28. The first-order valence-corrected chi connectivity index (χ1v) is 15.2. The Balaban J connectivity index is 1.57. The Bertz CT molecular complexity index is 1320. The summed E-state index contributed by atoms with van der Waals surface area (Å²) in [5.41, 5.74) is 3.53. The Kier molecular flexibility index (Phi) is 11.1. The molecular formula is C33H45N3O6. The number of ether oxygens (including phenoxy) is 3. The Morgan fingerprint density at radius 1 is 0.881 bits per heavy atom. The molecule has 1 atom stereocenters. The second kappa shape index (κ2) is 14.9. The van der Waals surface area contributed by atoms with Gasteiger partial charge in [0.25, 0.3) is 0 Å². The molecule has 0 saturated heterocycles. The first-order valence-electron chi connectivity index (χ1n) is 15.2. The van der Waals surface area contributed by atoms with Crippen LogP contribution in [0.15, 0.2) is 29.1 Å². The lowest BCUT2D eigenvalue weighted by Crippen LogP contribution is -2.35. The maximum absolute atomic E-state index is 13.4. The summed E-state index contributed by atoms with van der Waals surface area (Å²) in [6, 6.07) is 7.11. The number of methoxy groups -OCH3 is 3. The van der Waals surface area contributed by atoms with Gasteiger partial charge in [-0.1, -0.05) is 38.2 Å². The number of carbonyl (C=O) groups is 2. The van der Waals surface area contributed by atoms with E-state index >= 15 is 0 Å². The number of hydrogen-bond acceptors (Lipinski definition) is 7. The molecule has 0 aliphatic heterocycles. The average molecular weight is 580 g/mol. The largest absolute Gasteiger partial charge is 0.493 e. The minimum atomic E-state index is -0.364. The van der Waals surface area contributed by atoms with Crippen molar-refractivity contribution >= 4 is 17.5 Å². The molecule has 2 amide bonds. The number of benzene rings is 1. The van der Waals surface area contributed by atoms with E-state index in [2.05, 4.69) is 16.0 Å². The highest BCUT2D eigenvalue weighted by molar-refractivity contribution is 5.83. The van der Waals surface area contributed by atoms with Crippen molar-refractivity contribution in [3.63, 3.8) is 0 Å². The molecule has 2 aromatic rings. The SMILES string of the molecule is COc1cc2c(c(OC)c1OC)-c1ccc(NCCCC(=O)NC3CCCCCCC3)c(=O)cc1[C@@H](NC(C)=O)CC2. The minimum absolute atomic E-state index is 0.0706. The van der Waals surface area contributed by atoms with Crippen molar-refractivity contribution in [2.75, 3.05) is 33.2 Å². The number of anilines is 1. The van der Waals surface area contributed by atoms with Crippen molar-refractivity contribution < 1.29 is 23.8 Å². The first kappa shape index (κ1) is 31.2. The molecule has 0 bridgehead atoms. The van der Waals surface area contributed by atoms with Crippen LogP contribution >= 0.6 is 0 Å². The van der Waals surface area contributed by atoms with Gasteiger partial charge in [-0.05, 0) is 67.0 Å². The fourth-order valence-corrected chi connectivity index (χ4v) is 6.23. The fraction of sp³-hybridized carbons (Fsp3) is 0.545. The fourth-order valence-electron chi connectivity index (χ4n) is 6.23. The molecule has 0 aromatic heterocycles. The summed E-state index contributed by atoms with van der Waals surface area (Å²) in [6.07, 6.45) is 10.5. The zero-order chi connectivity index (χ0) is 30.1. The summed E-state index contributed by atoms with van der Waals surface area (Å²) in [4.78, 5) is 38.2. The van der Waals surface area contributed by atoms with Crippen LogP contribution in [0.1, 0.15) is 88.3 Å². The number of amides is 2. The third-order valence-electron chi connectivity index (χ3n) is 8.28. The van der Waals surface area contributed by atoms with Crippen molar-refractivity contribution in [3.05, 3.63) is 45.6 Å². The number of rotatable bonds is 10. The molecule has 2 aromatic carbocycles. The molecule has 2 aliphatic carbocycles. The maximum Gasteiger partial charge on any atom is 0.220 e. The van der Waals surface area contributed by atoms with Gasteiger partial charge in [-0.25, -0.2) is 0 Å². The van der Waals surface area contributed by atoms with Gasteiger partial charge in [0.2, 0.25) is 23.0 Å². The standard InChI is InChI=1S/C33H45N3O6/c1-21(37)35-26-16-14-22-19-29(40-2)32(41-3)33(42-4)31(22)24-15-17-27(28(38)20-25(24)26)34-18-10-13-30(39)36-23-11-8-6-5-7-9-12-23/h15,17,19-20,23,26H,5-14,16,18H2,1-4H3,(H,34,38)(H,35,37)(H,36,39)/t26-/m0/s1. The summed E-state index contributed by atoms with van der Waals surface area (Å²) >= 11 is 0. The van der Waals surface area contributed by atoms with Gasteiger partial charge in [0, 0.05) is 31.5 Å². The zero-order valence-corrected chi connectivity index (χ0v) is 25.4. The van der Waals surface area contributed by atoms with E-state index < -0.39 is 0 Å². The van der Waals surface area contributed by atoms with Gasteiger partial charge < -0.3 is 30.2 Å². The van der Waals surface area contributed by atoms with Crippen LogP contribution in [0, 0.1) is 0 Å². The van der Waals surface area contributed by atoms with E-state index in [-0.39, 0.29) is 29.3 Å². The predicted octanol–water partition coefficient (Wildman–Crippen LogP) is 5.28. The van der Waals surface area contributed by atoms with Crippen LogP contribution in [0.4, 0.5) is 5.69 Å². The van der Waals surface area contributed by atoms with E-state index in [4.69, 9.17) is 14.2 Å². The van der Waals surface area contributed by atoms with Crippen molar-refractivity contribution in [1.29, 1.82) is 0 Å². The summed E-state index contributed by atoms with van der Waals surface area (Å²) in [7, 11) is 4.72. The molecule has 228 valence electrons. The molecule has 9 heteroatoms. The maximum atomic E-state index is 13.4. The Labute approximate surface area is 248 Å². The molecule has 2 aliphatic rings. The van der Waals surface area contributed by atoms with Crippen molar-refractivity contribution in [1.82, 2.24) is 10.6 Å². The van der Waals surface area contributed by atoms with Crippen LogP contribution in [0.25, 0.3) is 11.1 Å². The molecule has 0 unspecified atom stereocenters. The number of carbonyl (C=O) groups excluding carboxylic acids is 2. The van der Waals surface area contributed by atoms with E-state index in [9.17, 15) is 14.4 Å². The van der Waals surface area contributed by atoms with E-state index in [1.807, 2.05) is 12.1 Å². The summed E-state index contributed by atoms with van der Waals surface area (Å²) in [5.74, 6) is 1.43. The quantitative estimate of drug-likeness (QED) is 0.328. The van der Waals surface area contributed by atoms with Crippen LogP contribution in [-0.2, 0) is 16.0 Å². The lowest BCUT2D eigenvalue weighted by Gasteiger charge is -2.21. The van der Waals surface area contributed by atoms with Crippen LogP contribution in [-0.4, -0.2) is 45.7 Å². The molecule has 1 fully saturated rings. The van der Waals surface area contributed by atoms with Gasteiger partial charge in [0.05, 0.1) is 33.1 Å². The van der Waals surface area contributed by atoms with Crippen molar-refractivity contribution in [2.45, 2.75) is 89.6 Å². The van der Waals surface area contributed by atoms with E-state index in [0.717, 1.165) is 29.5 Å². The summed E-state index contributed by atoms with van der Waals surface area (Å²) in [6.45, 7) is 1.97. The summed E-state index contributed by atoms with van der Waals surface area (Å²) in [5, 5.41) is 9.48. The van der Waals surface area contributed by atoms with Crippen molar-refractivity contribution in [3.8, 4) is 28.4 Å². The molecule has 1 saturated carbocycles. The summed E-state index contributed by atoms with van der Waals surface area (Å²) < 4.78 is 17.1.